The molecule has 12 nitrogen and oxygen atoms in total. The van der Waals surface area contributed by atoms with Gasteiger partial charge in [0, 0.05) is 17.8 Å². The molecule has 0 fully saturated rings. The maximum atomic E-state index is 12.5. The Kier molecular flexibility index (Phi) is 14.0. The van der Waals surface area contributed by atoms with Gasteiger partial charge in [-0.15, -0.1) is 0 Å². The lowest BCUT2D eigenvalue weighted by atomic mass is 10.1. The van der Waals surface area contributed by atoms with Gasteiger partial charge in [0.1, 0.15) is 11.4 Å². The van der Waals surface area contributed by atoms with E-state index < -0.39 is 36.7 Å². The monoisotopic (exact) mass is 614 g/mol. The van der Waals surface area contributed by atoms with Crippen LogP contribution in [0.5, 0.6) is 0 Å². The number of alkyl halides is 3. The van der Waals surface area contributed by atoms with Crippen molar-refractivity contribution in [1.82, 2.24) is 4.31 Å². The fourth-order valence-electron chi connectivity index (χ4n) is 3.04. The van der Waals surface area contributed by atoms with Gasteiger partial charge in [-0.05, 0) is 61.2 Å². The van der Waals surface area contributed by atoms with Crippen molar-refractivity contribution in [2.75, 3.05) is 24.6 Å². The highest BCUT2D eigenvalue weighted by molar-refractivity contribution is 8.02. The number of carbonyl (C=O) groups excluding carboxylic acids is 3. The third kappa shape index (κ3) is 11.5. The van der Waals surface area contributed by atoms with Gasteiger partial charge >= 0.3 is 30.1 Å². The van der Waals surface area contributed by atoms with Gasteiger partial charge in [-0.3, -0.25) is 18.8 Å². The van der Waals surface area contributed by atoms with Gasteiger partial charge in [-0.1, -0.05) is 30.3 Å². The van der Waals surface area contributed by atoms with Crippen LogP contribution in [0.1, 0.15) is 29.8 Å². The van der Waals surface area contributed by atoms with Crippen molar-refractivity contribution in [3.63, 3.8) is 0 Å². The topological polar surface area (TPSA) is 194 Å². The minimum Gasteiger partial charge on any atom is -0.480 e. The van der Waals surface area contributed by atoms with Crippen molar-refractivity contribution in [3.05, 3.63) is 76.2 Å². The molecule has 0 saturated heterocycles. The van der Waals surface area contributed by atoms with Gasteiger partial charge in [0.25, 0.3) is 5.91 Å². The molecule has 228 valence electrons. The molecule has 0 aliphatic carbocycles. The predicted molar refractivity (Wildman–Crippen MR) is 147 cm³/mol. The van der Waals surface area contributed by atoms with E-state index in [-0.39, 0.29) is 5.91 Å². The van der Waals surface area contributed by atoms with Crippen LogP contribution in [0.4, 0.5) is 23.7 Å². The zero-order chi connectivity index (χ0) is 32.0. The van der Waals surface area contributed by atoms with Crippen LogP contribution < -0.4 is 16.4 Å². The largest absolute Gasteiger partial charge is 0.490 e. The van der Waals surface area contributed by atoms with Gasteiger partial charge in [0.05, 0.1) is 13.2 Å². The number of hydrogen-bond donors (Lipinski definition) is 4. The molecule has 0 aromatic heterocycles. The number of benzene rings is 2. The number of carboxylic acids is 2. The molecule has 0 saturated carbocycles. The molecule has 1 heterocycles. The lowest BCUT2D eigenvalue weighted by Gasteiger charge is -2.21. The highest BCUT2D eigenvalue weighted by atomic mass is 32.2. The van der Waals surface area contributed by atoms with E-state index >= 15 is 0 Å². The first-order chi connectivity index (χ1) is 19.6. The third-order valence-electron chi connectivity index (χ3n) is 4.94. The molecule has 2 aromatic carbocycles. The van der Waals surface area contributed by atoms with E-state index in [1.54, 1.807) is 62.4 Å². The van der Waals surface area contributed by atoms with Gasteiger partial charge in [0.2, 0.25) is 0 Å². The number of halogens is 3. The summed E-state index contributed by atoms with van der Waals surface area (Å²) in [6, 6.07) is 15.0. The lowest BCUT2D eigenvalue weighted by Crippen LogP contribution is -2.35. The summed E-state index contributed by atoms with van der Waals surface area (Å²) in [6.07, 6.45) is -5.08. The summed E-state index contributed by atoms with van der Waals surface area (Å²) < 4.78 is 37.9. The fraction of sp³-hybridized carbons (Fsp3) is 0.269. The van der Waals surface area contributed by atoms with E-state index in [0.29, 0.717) is 35.9 Å². The van der Waals surface area contributed by atoms with E-state index in [1.165, 1.54) is 9.21 Å². The predicted octanol–water partition coefficient (Wildman–Crippen LogP) is 3.38. The number of hydrogen-bond acceptors (Lipinski definition) is 8. The molecule has 3 amide bonds. The average Bonchev–Trinajstić information content (AvgIpc) is 3.34. The summed E-state index contributed by atoms with van der Waals surface area (Å²) in [5.41, 5.74) is 13.3. The highest BCUT2D eigenvalue weighted by Crippen LogP contribution is 2.33. The molecule has 3 rings (SSSR count). The first-order valence-electron chi connectivity index (χ1n) is 11.9. The number of ether oxygens (including phenoxy) is 1. The second kappa shape index (κ2) is 16.6. The number of aliphatic carboxylic acids is 2. The molecule has 1 aliphatic heterocycles. The minimum absolute atomic E-state index is 0.326. The Morgan fingerprint density at radius 3 is 2.10 bits per heavy atom. The summed E-state index contributed by atoms with van der Waals surface area (Å²) in [6.45, 7) is 4.15. The zero-order valence-electron chi connectivity index (χ0n) is 22.5. The Labute approximate surface area is 242 Å². The molecule has 42 heavy (non-hydrogen) atoms. The Morgan fingerprint density at radius 2 is 1.64 bits per heavy atom. The van der Waals surface area contributed by atoms with Crippen molar-refractivity contribution in [2.45, 2.75) is 26.6 Å². The number of nitrogens with zero attached hydrogens (tertiary/aromatic N) is 2. The number of rotatable bonds is 7. The normalized spacial score (nSPS) is 12.3. The zero-order valence-corrected chi connectivity index (χ0v) is 23.3. The number of nitrogens with two attached hydrogens (primary N) is 2. The van der Waals surface area contributed by atoms with E-state index in [0.717, 1.165) is 23.1 Å². The molecular weight excluding hydrogens is 585 g/mol. The fourth-order valence-corrected chi connectivity index (χ4v) is 3.96. The van der Waals surface area contributed by atoms with Gasteiger partial charge in [-0.2, -0.15) is 13.2 Å². The molecule has 0 spiro atoms. The molecule has 0 atom stereocenters. The maximum absolute atomic E-state index is 12.5. The number of anilines is 1. The molecule has 16 heteroatoms. The van der Waals surface area contributed by atoms with Gasteiger partial charge < -0.3 is 26.4 Å². The van der Waals surface area contributed by atoms with Crippen LogP contribution in [-0.4, -0.2) is 70.2 Å². The molecule has 6 N–H and O–H groups in total. The second-order valence-corrected chi connectivity index (χ2v) is 9.16. The Hall–Kier alpha value is -4.57. The SMILES string of the molecule is CCOC(=O)C1=C(C)CN(C(N)=O)S1.NCc1cccc(N(CC(=O)O)C(=O)c2ccccc2)c1.O=C(O)C(F)(F)F. The summed E-state index contributed by atoms with van der Waals surface area (Å²) in [4.78, 5) is 56.3. The Bertz CT molecular complexity index is 1310. The van der Waals surface area contributed by atoms with E-state index in [4.69, 9.17) is 31.2 Å². The maximum Gasteiger partial charge on any atom is 0.490 e. The molecule has 0 unspecified atom stereocenters. The lowest BCUT2D eigenvalue weighted by molar-refractivity contribution is -0.192. The standard InChI is InChI=1S/C16H16N2O3.C8H12N2O3S.C2HF3O2/c17-10-12-5-4-8-14(9-12)18(11-15(19)20)16(21)13-6-2-1-3-7-13;1-3-13-7(11)6-5(2)4-10(14-6)8(9)12;3-2(4,5)1(6)7/h1-9H,10-11,17H2,(H,19,20);3-4H2,1-2H3,(H2,9,12);(H,6,7). The molecule has 0 bridgehead atoms. The van der Waals surface area contributed by atoms with Crippen LogP contribution in [-0.2, 0) is 25.7 Å². The number of amides is 3. The summed E-state index contributed by atoms with van der Waals surface area (Å²) >= 11 is 1.04. The first-order valence-corrected chi connectivity index (χ1v) is 12.7. The molecule has 0 radical (unpaired) electrons. The van der Waals surface area contributed by atoms with Crippen LogP contribution >= 0.6 is 11.9 Å². The van der Waals surface area contributed by atoms with Gasteiger partial charge in [-0.25, -0.2) is 14.4 Å². The Balaban J connectivity index is 0.000000361. The summed E-state index contributed by atoms with van der Waals surface area (Å²) in [7, 11) is 0. The summed E-state index contributed by atoms with van der Waals surface area (Å²) in [5, 5.41) is 16.2. The van der Waals surface area contributed by atoms with Crippen LogP contribution in [0.2, 0.25) is 0 Å². The molecule has 2 aromatic rings. The quantitative estimate of drug-likeness (QED) is 0.265. The van der Waals surface area contributed by atoms with Crippen molar-refractivity contribution < 1.29 is 52.1 Å². The van der Waals surface area contributed by atoms with E-state index in [9.17, 15) is 32.3 Å². The third-order valence-corrected chi connectivity index (χ3v) is 6.16. The number of esters is 1. The van der Waals surface area contributed by atoms with Crippen LogP contribution in [0.15, 0.2) is 65.1 Å². The average molecular weight is 615 g/mol. The van der Waals surface area contributed by atoms with Gasteiger partial charge in [0.15, 0.2) is 0 Å². The van der Waals surface area contributed by atoms with E-state index in [1.807, 2.05) is 6.07 Å². The minimum atomic E-state index is -5.08. The van der Waals surface area contributed by atoms with Crippen molar-refractivity contribution in [2.24, 2.45) is 11.5 Å². The van der Waals surface area contributed by atoms with Crippen molar-refractivity contribution in [1.29, 1.82) is 0 Å². The van der Waals surface area contributed by atoms with Crippen molar-refractivity contribution >= 4 is 47.5 Å². The number of carboxylic acid groups (broad SMARTS) is 2. The van der Waals surface area contributed by atoms with Crippen LogP contribution in [0, 0.1) is 0 Å². The number of primary amides is 1. The van der Waals surface area contributed by atoms with Crippen molar-refractivity contribution in [3.8, 4) is 0 Å². The summed E-state index contributed by atoms with van der Waals surface area (Å²) in [5.74, 6) is -4.57. The molecular formula is C26H29F3N4O8S. The van der Waals surface area contributed by atoms with E-state index in [2.05, 4.69) is 0 Å². The van der Waals surface area contributed by atoms with Crippen LogP contribution in [0.3, 0.4) is 0 Å². The first kappa shape index (κ1) is 35.5. The molecule has 1 aliphatic rings. The number of urea groups is 1. The smallest absolute Gasteiger partial charge is 0.480 e. The Morgan fingerprint density at radius 1 is 1.05 bits per heavy atom. The van der Waals surface area contributed by atoms with Crippen LogP contribution in [0.25, 0.3) is 0 Å². The number of carbonyl (C=O) groups is 5. The highest BCUT2D eigenvalue weighted by Gasteiger charge is 2.38. The second-order valence-electron chi connectivity index (χ2n) is 8.12.